The summed E-state index contributed by atoms with van der Waals surface area (Å²) in [6, 6.07) is -2.60. The van der Waals surface area contributed by atoms with Crippen molar-refractivity contribution in [3.8, 4) is 0 Å². The Kier molecular flexibility index (Phi) is 11.1. The maximum absolute atomic E-state index is 11.9. The van der Waals surface area contributed by atoms with Crippen molar-refractivity contribution in [3.05, 3.63) is 0 Å². The van der Waals surface area contributed by atoms with E-state index >= 15 is 0 Å². The molecule has 0 fully saturated rings. The van der Waals surface area contributed by atoms with Crippen molar-refractivity contribution >= 4 is 35.6 Å². The minimum atomic E-state index is -1.40. The fourth-order valence-electron chi connectivity index (χ4n) is 2.23. The third-order valence-corrected chi connectivity index (χ3v) is 3.60. The van der Waals surface area contributed by atoms with Gasteiger partial charge in [-0.1, -0.05) is 0 Å². The molecule has 0 rings (SSSR count). The summed E-state index contributed by atoms with van der Waals surface area (Å²) in [5.41, 5.74) is 4.51. The van der Waals surface area contributed by atoms with Crippen molar-refractivity contribution in [1.29, 1.82) is 0 Å². The average molecular weight is 431 g/mol. The largest absolute Gasteiger partial charge is 0.481 e. The number of carbonyl (C=O) groups excluding carboxylic acids is 4. The molecule has 2 unspecified atom stereocenters. The number of ether oxygens (including phenoxy) is 1. The topological polar surface area (TPSA) is 202 Å². The zero-order valence-corrected chi connectivity index (χ0v) is 17.2. The molecule has 0 saturated carbocycles. The van der Waals surface area contributed by atoms with E-state index in [1.165, 1.54) is 0 Å². The Morgan fingerprint density at radius 3 is 1.80 bits per heavy atom. The summed E-state index contributed by atoms with van der Waals surface area (Å²) in [4.78, 5) is 68.6. The summed E-state index contributed by atoms with van der Waals surface area (Å²) in [6.45, 7) is 5.03. The maximum Gasteiger partial charge on any atom is 0.326 e. The van der Waals surface area contributed by atoms with E-state index in [0.29, 0.717) is 0 Å². The van der Waals surface area contributed by atoms with E-state index < -0.39 is 59.7 Å². The normalized spacial score (nSPS) is 12.9. The fourth-order valence-corrected chi connectivity index (χ4v) is 2.23. The first-order valence-corrected chi connectivity index (χ1v) is 9.25. The highest BCUT2D eigenvalue weighted by atomic mass is 16.6. The van der Waals surface area contributed by atoms with Crippen LogP contribution in [-0.4, -0.2) is 63.5 Å². The second-order valence-electron chi connectivity index (χ2n) is 7.54. The van der Waals surface area contributed by atoms with Crippen LogP contribution in [0.3, 0.4) is 0 Å². The van der Waals surface area contributed by atoms with E-state index in [9.17, 15) is 28.8 Å². The Hall–Kier alpha value is -3.18. The van der Waals surface area contributed by atoms with Crippen LogP contribution in [0.4, 0.5) is 0 Å². The van der Waals surface area contributed by atoms with Crippen LogP contribution in [0.25, 0.3) is 0 Å². The monoisotopic (exact) mass is 431 g/mol. The molecule has 0 aliphatic heterocycles. The summed E-state index contributed by atoms with van der Waals surface area (Å²) in [6.07, 6.45) is -1.76. The molecule has 0 bridgehead atoms. The van der Waals surface area contributed by atoms with Gasteiger partial charge in [-0.25, -0.2) is 4.79 Å². The molecule has 0 aromatic rings. The first-order chi connectivity index (χ1) is 13.7. The lowest BCUT2D eigenvalue weighted by Gasteiger charge is -2.20. The molecule has 170 valence electrons. The molecule has 0 radical (unpaired) electrons. The highest BCUT2D eigenvalue weighted by Gasteiger charge is 2.24. The number of aliphatic carboxylic acids is 2. The number of carboxylic acid groups (broad SMARTS) is 2. The second-order valence-corrected chi connectivity index (χ2v) is 7.54. The zero-order chi connectivity index (χ0) is 23.5. The van der Waals surface area contributed by atoms with Crippen LogP contribution in [-0.2, 0) is 33.5 Å². The molecule has 3 amide bonds. The number of carboxylic acids is 2. The SMILES string of the molecule is CC(C)(C)OC(=O)CCC(=O)NC(CCC(=O)NC(CCC(=O)O)C(=O)O)C(N)=O. The molecule has 0 spiro atoms. The number of carbonyl (C=O) groups is 6. The van der Waals surface area contributed by atoms with Gasteiger partial charge in [-0.2, -0.15) is 0 Å². The maximum atomic E-state index is 11.9. The van der Waals surface area contributed by atoms with Crippen LogP contribution in [0.15, 0.2) is 0 Å². The first-order valence-electron chi connectivity index (χ1n) is 9.25. The van der Waals surface area contributed by atoms with Crippen molar-refractivity contribution in [3.63, 3.8) is 0 Å². The third kappa shape index (κ3) is 13.1. The number of hydrogen-bond acceptors (Lipinski definition) is 7. The summed E-state index contributed by atoms with van der Waals surface area (Å²) >= 11 is 0. The molecule has 0 heterocycles. The number of hydrogen-bond donors (Lipinski definition) is 5. The van der Waals surface area contributed by atoms with Gasteiger partial charge in [-0.15, -0.1) is 0 Å². The average Bonchev–Trinajstić information content (AvgIpc) is 2.58. The van der Waals surface area contributed by atoms with Gasteiger partial charge >= 0.3 is 17.9 Å². The van der Waals surface area contributed by atoms with Crippen LogP contribution < -0.4 is 16.4 Å². The van der Waals surface area contributed by atoms with E-state index in [4.69, 9.17) is 20.7 Å². The van der Waals surface area contributed by atoms with Crippen molar-refractivity contribution in [2.24, 2.45) is 5.73 Å². The van der Waals surface area contributed by atoms with Gasteiger partial charge in [-0.05, 0) is 33.6 Å². The van der Waals surface area contributed by atoms with Crippen LogP contribution in [0, 0.1) is 0 Å². The van der Waals surface area contributed by atoms with Gasteiger partial charge < -0.3 is 31.3 Å². The Morgan fingerprint density at radius 2 is 1.33 bits per heavy atom. The Bertz CT molecular complexity index is 670. The van der Waals surface area contributed by atoms with Crippen LogP contribution in [0.1, 0.15) is 59.3 Å². The molecule has 2 atom stereocenters. The molecule has 6 N–H and O–H groups in total. The lowest BCUT2D eigenvalue weighted by Crippen LogP contribution is -2.46. The smallest absolute Gasteiger partial charge is 0.326 e. The molecule has 0 aliphatic carbocycles. The lowest BCUT2D eigenvalue weighted by molar-refractivity contribution is -0.155. The van der Waals surface area contributed by atoms with Crippen LogP contribution >= 0.6 is 0 Å². The first kappa shape index (κ1) is 26.8. The van der Waals surface area contributed by atoms with Gasteiger partial charge in [0, 0.05) is 19.3 Å². The van der Waals surface area contributed by atoms with Gasteiger partial charge in [0.25, 0.3) is 0 Å². The standard InChI is InChI=1S/C18H29N3O9/c1-18(2,3)30-15(26)9-7-13(23)20-10(16(19)27)4-6-12(22)21-11(17(28)29)5-8-14(24)25/h10-11H,4-9H2,1-3H3,(H2,19,27)(H,20,23)(H,21,22)(H,24,25)(H,28,29). The third-order valence-electron chi connectivity index (χ3n) is 3.60. The van der Waals surface area contributed by atoms with E-state index in [-0.39, 0.29) is 32.1 Å². The van der Waals surface area contributed by atoms with Gasteiger partial charge in [0.15, 0.2) is 0 Å². The summed E-state index contributed by atoms with van der Waals surface area (Å²) in [5, 5.41) is 22.1. The predicted molar refractivity (Wildman–Crippen MR) is 102 cm³/mol. The van der Waals surface area contributed by atoms with Gasteiger partial charge in [0.1, 0.15) is 17.7 Å². The van der Waals surface area contributed by atoms with Gasteiger partial charge in [0.05, 0.1) is 6.42 Å². The van der Waals surface area contributed by atoms with E-state index in [1.54, 1.807) is 20.8 Å². The minimum Gasteiger partial charge on any atom is -0.481 e. The number of primary amides is 1. The number of rotatable bonds is 13. The highest BCUT2D eigenvalue weighted by molar-refractivity contribution is 5.89. The molecule has 0 aromatic carbocycles. The van der Waals surface area contributed by atoms with Crippen molar-refractivity contribution in [1.82, 2.24) is 10.6 Å². The fraction of sp³-hybridized carbons (Fsp3) is 0.667. The predicted octanol–water partition coefficient (Wildman–Crippen LogP) is -0.707. The number of nitrogens with two attached hydrogens (primary N) is 1. The minimum absolute atomic E-state index is 0.204. The zero-order valence-electron chi connectivity index (χ0n) is 17.2. The number of amides is 3. The van der Waals surface area contributed by atoms with E-state index in [2.05, 4.69) is 10.6 Å². The summed E-state index contributed by atoms with van der Waals surface area (Å²) in [7, 11) is 0. The molecule has 12 heteroatoms. The molecule has 0 saturated heterocycles. The van der Waals surface area contributed by atoms with Gasteiger partial charge in [-0.3, -0.25) is 24.0 Å². The summed E-state index contributed by atoms with van der Waals surface area (Å²) in [5.74, 6) is -5.50. The quantitative estimate of drug-likeness (QED) is 0.233. The van der Waals surface area contributed by atoms with Crippen LogP contribution in [0.2, 0.25) is 0 Å². The molecule has 12 nitrogen and oxygen atoms in total. The van der Waals surface area contributed by atoms with Crippen molar-refractivity contribution in [2.45, 2.75) is 77.0 Å². The van der Waals surface area contributed by atoms with Gasteiger partial charge in [0.2, 0.25) is 17.7 Å². The Morgan fingerprint density at radius 1 is 0.833 bits per heavy atom. The summed E-state index contributed by atoms with van der Waals surface area (Å²) < 4.78 is 5.06. The van der Waals surface area contributed by atoms with E-state index in [1.807, 2.05) is 0 Å². The molecule has 0 aliphatic rings. The highest BCUT2D eigenvalue weighted by Crippen LogP contribution is 2.09. The van der Waals surface area contributed by atoms with Crippen molar-refractivity contribution < 1.29 is 43.7 Å². The van der Waals surface area contributed by atoms with Crippen molar-refractivity contribution in [2.75, 3.05) is 0 Å². The molecular formula is C18H29N3O9. The van der Waals surface area contributed by atoms with Crippen LogP contribution in [0.5, 0.6) is 0 Å². The Labute approximate surface area is 173 Å². The Balaban J connectivity index is 4.57. The molecule has 0 aromatic heterocycles. The number of esters is 1. The van der Waals surface area contributed by atoms with E-state index in [0.717, 1.165) is 0 Å². The second kappa shape index (κ2) is 12.4. The number of nitrogens with one attached hydrogen (secondary N) is 2. The molecule has 30 heavy (non-hydrogen) atoms. The lowest BCUT2D eigenvalue weighted by atomic mass is 10.1. The molecular weight excluding hydrogens is 402 g/mol.